The van der Waals surface area contributed by atoms with E-state index in [1.165, 1.54) is 24.0 Å². The topological polar surface area (TPSA) is 32.3 Å². The number of rotatable bonds is 2. The SMILES string of the molecule is Oc1cccc(C(=C2CC3CCC(C2)N3)c2ccsc2)c1. The van der Waals surface area contributed by atoms with E-state index >= 15 is 0 Å². The second-order valence-corrected chi connectivity index (χ2v) is 6.87. The summed E-state index contributed by atoms with van der Waals surface area (Å²) in [7, 11) is 0. The summed E-state index contributed by atoms with van der Waals surface area (Å²) in [4.78, 5) is 0. The maximum atomic E-state index is 9.84. The van der Waals surface area contributed by atoms with Gasteiger partial charge in [-0.25, -0.2) is 0 Å². The van der Waals surface area contributed by atoms with Gasteiger partial charge in [0.05, 0.1) is 0 Å². The van der Waals surface area contributed by atoms with E-state index in [0.29, 0.717) is 17.8 Å². The van der Waals surface area contributed by atoms with Crippen molar-refractivity contribution >= 4 is 16.9 Å². The van der Waals surface area contributed by atoms with Crippen molar-refractivity contribution in [2.24, 2.45) is 0 Å². The van der Waals surface area contributed by atoms with Gasteiger partial charge in [-0.2, -0.15) is 11.3 Å². The average molecular weight is 297 g/mol. The van der Waals surface area contributed by atoms with Gasteiger partial charge in [0, 0.05) is 12.1 Å². The van der Waals surface area contributed by atoms with E-state index in [0.717, 1.165) is 18.4 Å². The van der Waals surface area contributed by atoms with Gasteiger partial charge < -0.3 is 10.4 Å². The number of piperidine rings is 1. The van der Waals surface area contributed by atoms with E-state index in [2.05, 4.69) is 28.2 Å². The van der Waals surface area contributed by atoms with Crippen LogP contribution in [0.25, 0.3) is 5.57 Å². The van der Waals surface area contributed by atoms with Gasteiger partial charge in [-0.1, -0.05) is 17.7 Å². The van der Waals surface area contributed by atoms with Gasteiger partial charge in [0.1, 0.15) is 5.75 Å². The van der Waals surface area contributed by atoms with Crippen molar-refractivity contribution < 1.29 is 5.11 Å². The van der Waals surface area contributed by atoms with Crippen LogP contribution in [0.3, 0.4) is 0 Å². The molecule has 2 fully saturated rings. The van der Waals surface area contributed by atoms with E-state index in [1.54, 1.807) is 23.0 Å². The summed E-state index contributed by atoms with van der Waals surface area (Å²) in [5.41, 5.74) is 5.32. The second kappa shape index (κ2) is 5.32. The lowest BCUT2D eigenvalue weighted by molar-refractivity contribution is 0.474. The predicted octanol–water partition coefficient (Wildman–Crippen LogP) is 4.17. The summed E-state index contributed by atoms with van der Waals surface area (Å²) in [6.07, 6.45) is 4.87. The number of hydrogen-bond acceptors (Lipinski definition) is 3. The maximum Gasteiger partial charge on any atom is 0.116 e. The molecule has 2 atom stereocenters. The Labute approximate surface area is 129 Å². The number of phenolic OH excluding ortho intramolecular Hbond substituents is 1. The molecule has 2 bridgehead atoms. The zero-order valence-corrected chi connectivity index (χ0v) is 12.7. The minimum absolute atomic E-state index is 0.345. The smallest absolute Gasteiger partial charge is 0.116 e. The third-order valence-electron chi connectivity index (χ3n) is 4.62. The van der Waals surface area contributed by atoms with Crippen molar-refractivity contribution in [3.05, 3.63) is 57.8 Å². The largest absolute Gasteiger partial charge is 0.508 e. The molecule has 0 saturated carbocycles. The molecule has 2 aliphatic heterocycles. The van der Waals surface area contributed by atoms with Crippen LogP contribution in [0, 0.1) is 0 Å². The molecule has 2 unspecified atom stereocenters. The van der Waals surface area contributed by atoms with Gasteiger partial charge >= 0.3 is 0 Å². The zero-order chi connectivity index (χ0) is 14.2. The summed E-state index contributed by atoms with van der Waals surface area (Å²) in [6, 6.07) is 11.2. The number of aromatic hydroxyl groups is 1. The Kier molecular flexibility index (Phi) is 3.32. The molecular weight excluding hydrogens is 278 g/mol. The number of nitrogens with one attached hydrogen (secondary N) is 1. The van der Waals surface area contributed by atoms with Crippen LogP contribution in [0.2, 0.25) is 0 Å². The molecule has 3 heteroatoms. The van der Waals surface area contributed by atoms with Crippen LogP contribution in [0.5, 0.6) is 5.75 Å². The number of phenols is 1. The zero-order valence-electron chi connectivity index (χ0n) is 11.9. The first-order valence-corrected chi connectivity index (χ1v) is 8.54. The molecule has 0 aliphatic carbocycles. The van der Waals surface area contributed by atoms with Crippen LogP contribution in [-0.2, 0) is 0 Å². The van der Waals surface area contributed by atoms with Gasteiger partial charge in [0.25, 0.3) is 0 Å². The molecule has 3 heterocycles. The number of hydrogen-bond donors (Lipinski definition) is 2. The normalized spacial score (nSPS) is 24.3. The molecule has 21 heavy (non-hydrogen) atoms. The third-order valence-corrected chi connectivity index (χ3v) is 5.30. The van der Waals surface area contributed by atoms with Crippen molar-refractivity contribution in [1.29, 1.82) is 0 Å². The minimum atomic E-state index is 0.345. The van der Waals surface area contributed by atoms with Crippen molar-refractivity contribution in [3.8, 4) is 5.75 Å². The van der Waals surface area contributed by atoms with Gasteiger partial charge in [0.2, 0.25) is 0 Å². The number of thiophene rings is 1. The molecule has 4 rings (SSSR count). The molecule has 1 aromatic heterocycles. The summed E-state index contributed by atoms with van der Waals surface area (Å²) in [6.45, 7) is 0. The molecule has 2 saturated heterocycles. The summed E-state index contributed by atoms with van der Waals surface area (Å²) >= 11 is 1.74. The fraction of sp³-hybridized carbons (Fsp3) is 0.333. The number of fused-ring (bicyclic) bond motifs is 2. The van der Waals surface area contributed by atoms with E-state index in [-0.39, 0.29) is 0 Å². The third kappa shape index (κ3) is 2.52. The summed E-state index contributed by atoms with van der Waals surface area (Å²) < 4.78 is 0. The molecule has 2 N–H and O–H groups in total. The quantitative estimate of drug-likeness (QED) is 0.872. The molecule has 108 valence electrons. The highest BCUT2D eigenvalue weighted by Crippen LogP contribution is 2.39. The van der Waals surface area contributed by atoms with Crippen molar-refractivity contribution in [1.82, 2.24) is 5.32 Å². The second-order valence-electron chi connectivity index (χ2n) is 6.09. The van der Waals surface area contributed by atoms with E-state index < -0.39 is 0 Å². The molecular formula is C18H19NOS. The first kappa shape index (κ1) is 13.1. The number of benzene rings is 1. The lowest BCUT2D eigenvalue weighted by Crippen LogP contribution is -2.35. The molecule has 2 nitrogen and oxygen atoms in total. The van der Waals surface area contributed by atoms with Crippen LogP contribution in [0.15, 0.2) is 46.7 Å². The standard InChI is InChI=1S/C18H19NOS/c20-17-3-1-2-12(10-17)18(13-6-7-21-11-13)14-8-15-4-5-16(9-14)19-15/h1-3,6-7,10-11,15-16,19-20H,4-5,8-9H2. The highest BCUT2D eigenvalue weighted by atomic mass is 32.1. The minimum Gasteiger partial charge on any atom is -0.508 e. The molecule has 0 radical (unpaired) electrons. The van der Waals surface area contributed by atoms with E-state index in [4.69, 9.17) is 0 Å². The van der Waals surface area contributed by atoms with E-state index in [1.807, 2.05) is 12.1 Å². The van der Waals surface area contributed by atoms with Gasteiger partial charge in [-0.05, 0) is 71.3 Å². The van der Waals surface area contributed by atoms with Gasteiger partial charge in [0.15, 0.2) is 0 Å². The Morgan fingerprint density at radius 3 is 2.57 bits per heavy atom. The Hall–Kier alpha value is -1.58. The van der Waals surface area contributed by atoms with Crippen LogP contribution < -0.4 is 5.32 Å². The molecule has 2 aromatic rings. The Morgan fingerprint density at radius 1 is 1.10 bits per heavy atom. The van der Waals surface area contributed by atoms with Crippen molar-refractivity contribution in [2.75, 3.05) is 0 Å². The molecule has 0 amide bonds. The molecule has 1 aromatic carbocycles. The Bertz CT molecular complexity index is 660. The van der Waals surface area contributed by atoms with Crippen molar-refractivity contribution in [3.63, 3.8) is 0 Å². The fourth-order valence-electron chi connectivity index (χ4n) is 3.75. The Morgan fingerprint density at radius 2 is 1.90 bits per heavy atom. The lowest BCUT2D eigenvalue weighted by atomic mass is 9.87. The summed E-state index contributed by atoms with van der Waals surface area (Å²) in [5, 5.41) is 17.9. The van der Waals surface area contributed by atoms with Gasteiger partial charge in [-0.3, -0.25) is 0 Å². The lowest BCUT2D eigenvalue weighted by Gasteiger charge is -2.26. The first-order chi connectivity index (χ1) is 10.3. The predicted molar refractivity (Wildman–Crippen MR) is 87.6 cm³/mol. The monoisotopic (exact) mass is 297 g/mol. The van der Waals surface area contributed by atoms with Crippen LogP contribution in [-0.4, -0.2) is 17.2 Å². The van der Waals surface area contributed by atoms with Gasteiger partial charge in [-0.15, -0.1) is 0 Å². The first-order valence-electron chi connectivity index (χ1n) is 7.59. The molecule has 2 aliphatic rings. The Balaban J connectivity index is 1.84. The van der Waals surface area contributed by atoms with Crippen LogP contribution in [0.1, 0.15) is 36.8 Å². The van der Waals surface area contributed by atoms with E-state index in [9.17, 15) is 5.11 Å². The highest BCUT2D eigenvalue weighted by molar-refractivity contribution is 7.08. The molecule has 0 spiro atoms. The fourth-order valence-corrected chi connectivity index (χ4v) is 4.40. The highest BCUT2D eigenvalue weighted by Gasteiger charge is 2.32. The maximum absolute atomic E-state index is 9.84. The van der Waals surface area contributed by atoms with Crippen LogP contribution >= 0.6 is 11.3 Å². The van der Waals surface area contributed by atoms with Crippen molar-refractivity contribution in [2.45, 2.75) is 37.8 Å². The van der Waals surface area contributed by atoms with Crippen LogP contribution in [0.4, 0.5) is 0 Å². The average Bonchev–Trinajstić information content (AvgIpc) is 3.10. The summed E-state index contributed by atoms with van der Waals surface area (Å²) in [5.74, 6) is 0.345.